The number of hydrogen-bond donors (Lipinski definition) is 0. The maximum Gasteiger partial charge on any atom is 0.243 e. The second-order valence-electron chi connectivity index (χ2n) is 6.04. The molecule has 0 N–H and O–H groups in total. The third-order valence-corrected chi connectivity index (χ3v) is 4.60. The zero-order valence-electron chi connectivity index (χ0n) is 14.1. The molecule has 0 saturated carbocycles. The number of rotatable bonds is 6. The molecular formula is C17H23ClN4O2. The molecule has 0 amide bonds. The minimum absolute atomic E-state index is 0.165. The summed E-state index contributed by atoms with van der Waals surface area (Å²) in [6.07, 6.45) is 0. The van der Waals surface area contributed by atoms with Gasteiger partial charge >= 0.3 is 0 Å². The smallest absolute Gasteiger partial charge is 0.243 e. The lowest BCUT2D eigenvalue weighted by Gasteiger charge is -2.36. The Morgan fingerprint density at radius 2 is 1.92 bits per heavy atom. The Morgan fingerprint density at radius 3 is 2.54 bits per heavy atom. The first kappa shape index (κ1) is 17.2. The highest BCUT2D eigenvalue weighted by molar-refractivity contribution is 6.30. The quantitative estimate of drug-likeness (QED) is 0.798. The van der Waals surface area contributed by atoms with Crippen LogP contribution in [0.25, 0.3) is 0 Å². The number of nitrogens with zero attached hydrogens (tertiary/aromatic N) is 4. The third kappa shape index (κ3) is 4.47. The monoisotopic (exact) mass is 350 g/mol. The van der Waals surface area contributed by atoms with E-state index in [2.05, 4.69) is 26.9 Å². The molecule has 1 atom stereocenters. The number of piperazine rings is 1. The lowest BCUT2D eigenvalue weighted by atomic mass is 10.2. The third-order valence-electron chi connectivity index (χ3n) is 4.35. The van der Waals surface area contributed by atoms with Gasteiger partial charge in [0.1, 0.15) is 12.4 Å². The van der Waals surface area contributed by atoms with E-state index in [4.69, 9.17) is 20.9 Å². The van der Waals surface area contributed by atoms with Crippen molar-refractivity contribution < 1.29 is 9.26 Å². The van der Waals surface area contributed by atoms with E-state index in [1.165, 1.54) is 0 Å². The van der Waals surface area contributed by atoms with Crippen molar-refractivity contribution in [2.45, 2.75) is 19.9 Å². The number of aromatic nitrogens is 2. The van der Waals surface area contributed by atoms with E-state index in [0.717, 1.165) is 43.5 Å². The van der Waals surface area contributed by atoms with Crippen LogP contribution in [-0.4, -0.2) is 59.3 Å². The van der Waals surface area contributed by atoms with Crippen molar-refractivity contribution in [3.63, 3.8) is 0 Å². The summed E-state index contributed by atoms with van der Waals surface area (Å²) in [4.78, 5) is 9.13. The second-order valence-corrected chi connectivity index (χ2v) is 6.47. The zero-order valence-corrected chi connectivity index (χ0v) is 14.9. The topological polar surface area (TPSA) is 54.6 Å². The molecule has 2 aromatic rings. The van der Waals surface area contributed by atoms with Crippen molar-refractivity contribution in [2.75, 3.05) is 39.3 Å². The number of ether oxygens (including phenoxy) is 1. The molecule has 1 aromatic heterocycles. The Balaban J connectivity index is 1.39. The van der Waals surface area contributed by atoms with Crippen LogP contribution >= 0.6 is 11.6 Å². The van der Waals surface area contributed by atoms with Crippen LogP contribution in [0.4, 0.5) is 0 Å². The van der Waals surface area contributed by atoms with Crippen LogP contribution in [0.15, 0.2) is 28.8 Å². The molecule has 0 spiro atoms. The lowest BCUT2D eigenvalue weighted by Crippen LogP contribution is -2.48. The van der Waals surface area contributed by atoms with Crippen molar-refractivity contribution in [1.29, 1.82) is 0 Å². The molecular weight excluding hydrogens is 328 g/mol. The van der Waals surface area contributed by atoms with Gasteiger partial charge in [0.2, 0.25) is 5.89 Å². The Morgan fingerprint density at radius 1 is 1.21 bits per heavy atom. The summed E-state index contributed by atoms with van der Waals surface area (Å²) in [6, 6.07) is 7.65. The van der Waals surface area contributed by atoms with Crippen molar-refractivity contribution in [2.24, 2.45) is 0 Å². The van der Waals surface area contributed by atoms with Gasteiger partial charge in [-0.15, -0.1) is 0 Å². The molecule has 1 aliphatic rings. The molecule has 0 aliphatic carbocycles. The van der Waals surface area contributed by atoms with Crippen molar-refractivity contribution >= 4 is 11.6 Å². The molecule has 1 saturated heterocycles. The molecule has 0 bridgehead atoms. The number of hydrogen-bond acceptors (Lipinski definition) is 6. The molecule has 1 fully saturated rings. The summed E-state index contributed by atoms with van der Waals surface area (Å²) in [7, 11) is 0. The first-order valence-corrected chi connectivity index (χ1v) is 8.64. The van der Waals surface area contributed by atoms with Gasteiger partial charge in [0.05, 0.1) is 6.04 Å². The molecule has 1 unspecified atom stereocenters. The van der Waals surface area contributed by atoms with Gasteiger partial charge in [-0.25, -0.2) is 0 Å². The van der Waals surface area contributed by atoms with E-state index < -0.39 is 0 Å². The predicted octanol–water partition coefficient (Wildman–Crippen LogP) is 2.79. The summed E-state index contributed by atoms with van der Waals surface area (Å²) >= 11 is 5.87. The van der Waals surface area contributed by atoms with Crippen molar-refractivity contribution in [3.05, 3.63) is 41.0 Å². The highest BCUT2D eigenvalue weighted by atomic mass is 35.5. The molecule has 1 aliphatic heterocycles. The Bertz CT molecular complexity index is 638. The first-order chi connectivity index (χ1) is 11.6. The summed E-state index contributed by atoms with van der Waals surface area (Å²) in [5.41, 5.74) is 0. The van der Waals surface area contributed by atoms with Crippen LogP contribution in [0.1, 0.15) is 24.7 Å². The zero-order chi connectivity index (χ0) is 16.9. The largest absolute Gasteiger partial charge is 0.492 e. The number of aryl methyl sites for hydroxylation is 1. The molecule has 3 rings (SSSR count). The maximum atomic E-state index is 5.87. The average Bonchev–Trinajstić information content (AvgIpc) is 3.03. The summed E-state index contributed by atoms with van der Waals surface area (Å²) in [6.45, 7) is 9.57. The average molecular weight is 351 g/mol. The molecule has 7 heteroatoms. The van der Waals surface area contributed by atoms with Crippen molar-refractivity contribution in [3.8, 4) is 5.75 Å². The highest BCUT2D eigenvalue weighted by Gasteiger charge is 2.25. The van der Waals surface area contributed by atoms with Gasteiger partial charge in [0.15, 0.2) is 5.82 Å². The summed E-state index contributed by atoms with van der Waals surface area (Å²) in [5, 5.41) is 4.60. The van der Waals surface area contributed by atoms with E-state index in [1.54, 1.807) is 0 Å². The van der Waals surface area contributed by atoms with Crippen LogP contribution < -0.4 is 4.74 Å². The van der Waals surface area contributed by atoms with Gasteiger partial charge in [-0.2, -0.15) is 4.98 Å². The Hall–Kier alpha value is -1.63. The number of halogens is 1. The van der Waals surface area contributed by atoms with E-state index in [9.17, 15) is 0 Å². The second kappa shape index (κ2) is 7.96. The van der Waals surface area contributed by atoms with Crippen LogP contribution in [0.3, 0.4) is 0 Å². The van der Waals surface area contributed by atoms with Gasteiger partial charge in [0.25, 0.3) is 0 Å². The van der Waals surface area contributed by atoms with Gasteiger partial charge in [-0.1, -0.05) is 16.8 Å². The molecule has 130 valence electrons. The van der Waals surface area contributed by atoms with Gasteiger partial charge in [0, 0.05) is 37.7 Å². The normalized spacial score (nSPS) is 17.8. The fourth-order valence-corrected chi connectivity index (χ4v) is 2.96. The number of benzene rings is 1. The van der Waals surface area contributed by atoms with Crippen molar-refractivity contribution in [1.82, 2.24) is 19.9 Å². The van der Waals surface area contributed by atoms with Gasteiger partial charge in [-0.05, 0) is 38.1 Å². The first-order valence-electron chi connectivity index (χ1n) is 8.27. The van der Waals surface area contributed by atoms with Crippen LogP contribution in [0.5, 0.6) is 5.75 Å². The fourth-order valence-electron chi connectivity index (χ4n) is 2.84. The molecule has 0 radical (unpaired) electrons. The molecule has 1 aromatic carbocycles. The van der Waals surface area contributed by atoms with E-state index in [0.29, 0.717) is 18.3 Å². The van der Waals surface area contributed by atoms with Gasteiger partial charge in [-0.3, -0.25) is 9.80 Å². The Kier molecular flexibility index (Phi) is 5.71. The molecule has 24 heavy (non-hydrogen) atoms. The molecule has 6 nitrogen and oxygen atoms in total. The standard InChI is InChI=1S/C17H23ClN4O2/c1-13(17-19-14(2)20-24-17)22-9-7-21(8-10-22)11-12-23-16-5-3-15(18)4-6-16/h3-6,13H,7-12H2,1-2H3. The van der Waals surface area contributed by atoms with Crippen LogP contribution in [0, 0.1) is 6.92 Å². The minimum Gasteiger partial charge on any atom is -0.492 e. The maximum absolute atomic E-state index is 5.87. The minimum atomic E-state index is 0.165. The summed E-state index contributed by atoms with van der Waals surface area (Å²) in [5.74, 6) is 2.25. The highest BCUT2D eigenvalue weighted by Crippen LogP contribution is 2.20. The SMILES string of the molecule is Cc1noc(C(C)N2CCN(CCOc3ccc(Cl)cc3)CC2)n1. The van der Waals surface area contributed by atoms with E-state index >= 15 is 0 Å². The van der Waals surface area contributed by atoms with Crippen LogP contribution in [0.2, 0.25) is 5.02 Å². The van der Waals surface area contributed by atoms with Crippen LogP contribution in [-0.2, 0) is 0 Å². The van der Waals surface area contributed by atoms with Gasteiger partial charge < -0.3 is 9.26 Å². The van der Waals surface area contributed by atoms with E-state index in [-0.39, 0.29) is 6.04 Å². The predicted molar refractivity (Wildman–Crippen MR) is 92.4 cm³/mol. The lowest BCUT2D eigenvalue weighted by molar-refractivity contribution is 0.0800. The fraction of sp³-hybridized carbons (Fsp3) is 0.529. The Labute approximate surface area is 147 Å². The summed E-state index contributed by atoms with van der Waals surface area (Å²) < 4.78 is 11.0. The molecule has 2 heterocycles. The van der Waals surface area contributed by atoms with E-state index in [1.807, 2.05) is 31.2 Å².